The van der Waals surface area contributed by atoms with Crippen molar-refractivity contribution in [3.8, 4) is 0 Å². The molecular formula is C19H21ClN2O3S. The molecule has 0 radical (unpaired) electrons. The third-order valence-corrected chi connectivity index (χ3v) is 5.90. The fraction of sp³-hybridized carbons (Fsp3) is 0.316. The van der Waals surface area contributed by atoms with Crippen LogP contribution in [-0.4, -0.2) is 33.7 Å². The number of sulfonamides is 1. The van der Waals surface area contributed by atoms with Crippen LogP contribution >= 0.6 is 11.6 Å². The monoisotopic (exact) mass is 392 g/mol. The van der Waals surface area contributed by atoms with Crippen LogP contribution in [0.2, 0.25) is 5.02 Å². The summed E-state index contributed by atoms with van der Waals surface area (Å²) in [7, 11) is -3.50. The molecule has 5 nitrogen and oxygen atoms in total. The number of carbonyl (C=O) groups is 1. The molecule has 0 atom stereocenters. The molecule has 0 saturated carbocycles. The minimum atomic E-state index is -3.50. The summed E-state index contributed by atoms with van der Waals surface area (Å²) in [6.07, 6.45) is 3.13. The highest BCUT2D eigenvalue weighted by molar-refractivity contribution is 7.92. The second kappa shape index (κ2) is 7.68. The third kappa shape index (κ3) is 4.19. The first-order valence-corrected chi connectivity index (χ1v) is 10.7. The number of nitrogens with zero attached hydrogens (tertiary/aromatic N) is 2. The number of amides is 1. The van der Waals surface area contributed by atoms with Crippen LogP contribution in [0, 0.1) is 0 Å². The van der Waals surface area contributed by atoms with Gasteiger partial charge in [0.2, 0.25) is 15.9 Å². The molecule has 1 heterocycles. The zero-order chi connectivity index (χ0) is 18.7. The van der Waals surface area contributed by atoms with Crippen molar-refractivity contribution >= 4 is 38.9 Å². The van der Waals surface area contributed by atoms with Gasteiger partial charge in [-0.3, -0.25) is 9.10 Å². The number of hydrogen-bond acceptors (Lipinski definition) is 3. The van der Waals surface area contributed by atoms with Gasteiger partial charge in [0.15, 0.2) is 0 Å². The number of rotatable bonds is 5. The van der Waals surface area contributed by atoms with Crippen LogP contribution in [0.5, 0.6) is 0 Å². The Kier molecular flexibility index (Phi) is 5.53. The molecule has 0 spiro atoms. The topological polar surface area (TPSA) is 57.7 Å². The number of halogens is 1. The molecule has 0 fully saturated rings. The number of para-hydroxylation sites is 1. The maximum atomic E-state index is 12.8. The Morgan fingerprint density at radius 2 is 1.85 bits per heavy atom. The lowest BCUT2D eigenvalue weighted by Gasteiger charge is -2.30. The smallest absolute Gasteiger partial charge is 0.232 e. The van der Waals surface area contributed by atoms with Gasteiger partial charge in [-0.05, 0) is 48.7 Å². The number of hydrogen-bond donors (Lipinski definition) is 0. The van der Waals surface area contributed by atoms with Gasteiger partial charge in [0, 0.05) is 30.2 Å². The van der Waals surface area contributed by atoms with Crippen LogP contribution in [0.15, 0.2) is 48.5 Å². The molecule has 2 aromatic carbocycles. The molecule has 138 valence electrons. The van der Waals surface area contributed by atoms with Gasteiger partial charge in [0.1, 0.15) is 0 Å². The zero-order valence-electron chi connectivity index (χ0n) is 14.6. The molecule has 1 aliphatic heterocycles. The van der Waals surface area contributed by atoms with E-state index in [0.29, 0.717) is 17.3 Å². The summed E-state index contributed by atoms with van der Waals surface area (Å²) in [5.41, 5.74) is 2.59. The van der Waals surface area contributed by atoms with E-state index in [1.165, 1.54) is 4.31 Å². The Morgan fingerprint density at radius 1 is 1.15 bits per heavy atom. The van der Waals surface area contributed by atoms with Crippen molar-refractivity contribution in [2.24, 2.45) is 0 Å². The van der Waals surface area contributed by atoms with Crippen molar-refractivity contribution in [1.82, 2.24) is 0 Å². The first-order chi connectivity index (χ1) is 12.4. The number of aryl methyl sites for hydroxylation is 1. The van der Waals surface area contributed by atoms with Crippen LogP contribution in [0.3, 0.4) is 0 Å². The predicted octanol–water partition coefficient (Wildman–Crippen LogP) is 3.48. The van der Waals surface area contributed by atoms with Crippen molar-refractivity contribution in [2.75, 3.05) is 28.6 Å². The quantitative estimate of drug-likeness (QED) is 0.782. The average Bonchev–Trinajstić information content (AvgIpc) is 2.61. The molecule has 26 heavy (non-hydrogen) atoms. The van der Waals surface area contributed by atoms with Crippen molar-refractivity contribution in [1.29, 1.82) is 0 Å². The molecule has 0 saturated heterocycles. The van der Waals surface area contributed by atoms with Crippen LogP contribution in [0.1, 0.15) is 18.4 Å². The van der Waals surface area contributed by atoms with E-state index in [1.807, 2.05) is 24.3 Å². The summed E-state index contributed by atoms with van der Waals surface area (Å²) >= 11 is 5.88. The molecule has 2 aromatic rings. The zero-order valence-corrected chi connectivity index (χ0v) is 16.1. The van der Waals surface area contributed by atoms with Crippen molar-refractivity contribution in [2.45, 2.75) is 19.3 Å². The first kappa shape index (κ1) is 18.7. The minimum Gasteiger partial charge on any atom is -0.312 e. The minimum absolute atomic E-state index is 0.0697. The van der Waals surface area contributed by atoms with E-state index in [0.717, 1.165) is 30.3 Å². The van der Waals surface area contributed by atoms with E-state index in [9.17, 15) is 13.2 Å². The lowest BCUT2D eigenvalue weighted by atomic mass is 10.0. The maximum Gasteiger partial charge on any atom is 0.232 e. The molecule has 3 rings (SSSR count). The Labute approximate surface area is 159 Å². The Balaban J connectivity index is 1.76. The summed E-state index contributed by atoms with van der Waals surface area (Å²) in [6.45, 7) is 0.758. The molecule has 1 amide bonds. The second-order valence-electron chi connectivity index (χ2n) is 6.34. The van der Waals surface area contributed by atoms with Crippen LogP contribution in [0.25, 0.3) is 0 Å². The molecule has 0 unspecified atom stereocenters. The van der Waals surface area contributed by atoms with E-state index in [1.54, 1.807) is 29.2 Å². The average molecular weight is 393 g/mol. The van der Waals surface area contributed by atoms with Gasteiger partial charge in [-0.2, -0.15) is 0 Å². The Morgan fingerprint density at radius 3 is 2.54 bits per heavy atom. The Bertz CT molecular complexity index is 897. The van der Waals surface area contributed by atoms with Gasteiger partial charge in [-0.1, -0.05) is 29.8 Å². The molecule has 1 aliphatic rings. The van der Waals surface area contributed by atoms with Gasteiger partial charge in [-0.25, -0.2) is 8.42 Å². The normalized spacial score (nSPS) is 14.0. The van der Waals surface area contributed by atoms with E-state index in [-0.39, 0.29) is 18.9 Å². The van der Waals surface area contributed by atoms with Gasteiger partial charge < -0.3 is 4.90 Å². The molecule has 0 aromatic heterocycles. The van der Waals surface area contributed by atoms with E-state index in [2.05, 4.69) is 0 Å². The van der Waals surface area contributed by atoms with Crippen molar-refractivity contribution < 1.29 is 13.2 Å². The fourth-order valence-corrected chi connectivity index (χ4v) is 4.27. The van der Waals surface area contributed by atoms with Crippen molar-refractivity contribution in [3.63, 3.8) is 0 Å². The van der Waals surface area contributed by atoms with E-state index < -0.39 is 10.0 Å². The number of benzene rings is 2. The number of anilines is 2. The van der Waals surface area contributed by atoms with Gasteiger partial charge in [-0.15, -0.1) is 0 Å². The van der Waals surface area contributed by atoms with E-state index >= 15 is 0 Å². The van der Waals surface area contributed by atoms with Gasteiger partial charge in [0.05, 0.1) is 11.9 Å². The summed E-state index contributed by atoms with van der Waals surface area (Å²) in [5, 5.41) is 0.531. The second-order valence-corrected chi connectivity index (χ2v) is 8.68. The molecule has 0 N–H and O–H groups in total. The summed E-state index contributed by atoms with van der Waals surface area (Å²) in [5.74, 6) is -0.0697. The van der Waals surface area contributed by atoms with Crippen LogP contribution in [0.4, 0.5) is 11.4 Å². The fourth-order valence-electron chi connectivity index (χ4n) is 3.22. The van der Waals surface area contributed by atoms with Gasteiger partial charge >= 0.3 is 0 Å². The lowest BCUT2D eigenvalue weighted by Crippen LogP contribution is -2.39. The predicted molar refractivity (Wildman–Crippen MR) is 105 cm³/mol. The van der Waals surface area contributed by atoms with Crippen LogP contribution in [-0.2, 0) is 21.2 Å². The largest absolute Gasteiger partial charge is 0.312 e. The lowest BCUT2D eigenvalue weighted by molar-refractivity contribution is -0.118. The first-order valence-electron chi connectivity index (χ1n) is 8.48. The number of carbonyl (C=O) groups excluding carboxylic acids is 1. The highest BCUT2D eigenvalue weighted by Gasteiger charge is 2.24. The highest BCUT2D eigenvalue weighted by atomic mass is 35.5. The SMILES string of the molecule is CS(=O)(=O)N(CCC(=O)N1CCCc2ccccc21)c1ccc(Cl)cc1. The standard InChI is InChI=1S/C19H21ClN2O3S/c1-26(24,25)22(17-10-8-16(20)9-11-17)14-12-19(23)21-13-4-6-15-5-2-3-7-18(15)21/h2-3,5,7-11H,4,6,12-14H2,1H3. The van der Waals surface area contributed by atoms with E-state index in [4.69, 9.17) is 11.6 Å². The molecular weight excluding hydrogens is 372 g/mol. The third-order valence-electron chi connectivity index (χ3n) is 4.46. The maximum absolute atomic E-state index is 12.8. The Hall–Kier alpha value is -2.05. The van der Waals surface area contributed by atoms with Crippen LogP contribution < -0.4 is 9.21 Å². The van der Waals surface area contributed by atoms with Gasteiger partial charge in [0.25, 0.3) is 0 Å². The summed E-state index contributed by atoms with van der Waals surface area (Å²) < 4.78 is 25.6. The van der Waals surface area contributed by atoms with Crippen molar-refractivity contribution in [3.05, 3.63) is 59.1 Å². The molecule has 0 aliphatic carbocycles. The summed E-state index contributed by atoms with van der Waals surface area (Å²) in [6, 6.07) is 14.4. The molecule has 0 bridgehead atoms. The number of fused-ring (bicyclic) bond motifs is 1. The highest BCUT2D eigenvalue weighted by Crippen LogP contribution is 2.27. The molecule has 7 heteroatoms. The summed E-state index contributed by atoms with van der Waals surface area (Å²) in [4.78, 5) is 14.5.